The molecular weight excluding hydrogens is 229 g/mol. The number of anilines is 1. The lowest BCUT2D eigenvalue weighted by atomic mass is 9.80. The summed E-state index contributed by atoms with van der Waals surface area (Å²) in [7, 11) is 2.00. The van der Waals surface area contributed by atoms with Crippen LogP contribution < -0.4 is 4.90 Å². The van der Waals surface area contributed by atoms with Crippen LogP contribution in [0.15, 0.2) is 24.3 Å². The van der Waals surface area contributed by atoms with Gasteiger partial charge in [-0.3, -0.25) is 0 Å². The standard InChI is InChI=1S/C15H22FNO/c1-11-3-8-15(18)12(9-11)10-17(2)14-6-4-13(16)5-7-14/h4-7,11-12,15,18H,3,8-10H2,1-2H3. The van der Waals surface area contributed by atoms with Crippen molar-refractivity contribution in [2.24, 2.45) is 11.8 Å². The number of hydrogen-bond donors (Lipinski definition) is 1. The predicted octanol–water partition coefficient (Wildman–Crippen LogP) is 3.06. The Morgan fingerprint density at radius 2 is 1.94 bits per heavy atom. The second-order valence-corrected chi connectivity index (χ2v) is 5.60. The Morgan fingerprint density at radius 1 is 1.28 bits per heavy atom. The van der Waals surface area contributed by atoms with Crippen molar-refractivity contribution in [3.8, 4) is 0 Å². The number of rotatable bonds is 3. The smallest absolute Gasteiger partial charge is 0.123 e. The molecule has 0 aliphatic heterocycles. The molecule has 1 aromatic carbocycles. The molecule has 2 nitrogen and oxygen atoms in total. The summed E-state index contributed by atoms with van der Waals surface area (Å²) in [5.74, 6) is 0.808. The van der Waals surface area contributed by atoms with Gasteiger partial charge in [-0.2, -0.15) is 0 Å². The van der Waals surface area contributed by atoms with Gasteiger partial charge in [0.1, 0.15) is 5.82 Å². The van der Waals surface area contributed by atoms with Crippen LogP contribution in [0.1, 0.15) is 26.2 Å². The average molecular weight is 251 g/mol. The Morgan fingerprint density at radius 3 is 2.61 bits per heavy atom. The van der Waals surface area contributed by atoms with E-state index in [4.69, 9.17) is 0 Å². The number of benzene rings is 1. The van der Waals surface area contributed by atoms with Crippen LogP contribution in [0.5, 0.6) is 0 Å². The molecule has 18 heavy (non-hydrogen) atoms. The van der Waals surface area contributed by atoms with Crippen LogP contribution in [0.4, 0.5) is 10.1 Å². The van der Waals surface area contributed by atoms with Gasteiger partial charge in [0.05, 0.1) is 6.10 Å². The highest BCUT2D eigenvalue weighted by atomic mass is 19.1. The third-order valence-electron chi connectivity index (χ3n) is 3.98. The first kappa shape index (κ1) is 13.3. The maximum atomic E-state index is 12.9. The highest BCUT2D eigenvalue weighted by molar-refractivity contribution is 5.45. The van der Waals surface area contributed by atoms with Gasteiger partial charge in [-0.25, -0.2) is 4.39 Å². The minimum Gasteiger partial charge on any atom is -0.393 e. The van der Waals surface area contributed by atoms with Crippen molar-refractivity contribution in [2.45, 2.75) is 32.3 Å². The van der Waals surface area contributed by atoms with E-state index in [1.165, 1.54) is 12.1 Å². The SMILES string of the molecule is CC1CCC(O)C(CN(C)c2ccc(F)cc2)C1. The van der Waals surface area contributed by atoms with E-state index in [0.29, 0.717) is 11.8 Å². The van der Waals surface area contributed by atoms with Gasteiger partial charge in [0.15, 0.2) is 0 Å². The van der Waals surface area contributed by atoms with E-state index >= 15 is 0 Å². The maximum absolute atomic E-state index is 12.9. The molecule has 1 aromatic rings. The molecule has 3 unspecified atom stereocenters. The molecule has 100 valence electrons. The van der Waals surface area contributed by atoms with Crippen molar-refractivity contribution in [1.82, 2.24) is 0 Å². The molecule has 0 bridgehead atoms. The molecule has 1 N–H and O–H groups in total. The van der Waals surface area contributed by atoms with Gasteiger partial charge in [0.25, 0.3) is 0 Å². The first-order valence-electron chi connectivity index (χ1n) is 6.71. The van der Waals surface area contributed by atoms with Gasteiger partial charge >= 0.3 is 0 Å². The van der Waals surface area contributed by atoms with E-state index in [1.807, 2.05) is 7.05 Å². The van der Waals surface area contributed by atoms with E-state index in [-0.39, 0.29) is 11.9 Å². The minimum absolute atomic E-state index is 0.191. The third kappa shape index (κ3) is 3.22. The van der Waals surface area contributed by atoms with Crippen molar-refractivity contribution in [3.05, 3.63) is 30.1 Å². The van der Waals surface area contributed by atoms with Crippen LogP contribution >= 0.6 is 0 Å². The molecule has 3 heteroatoms. The molecule has 0 heterocycles. The molecule has 0 aromatic heterocycles. The van der Waals surface area contributed by atoms with Gasteiger partial charge in [-0.1, -0.05) is 6.92 Å². The first-order valence-corrected chi connectivity index (χ1v) is 6.71. The van der Waals surface area contributed by atoms with Crippen molar-refractivity contribution in [2.75, 3.05) is 18.5 Å². The number of nitrogens with zero attached hydrogens (tertiary/aromatic N) is 1. The Bertz CT molecular complexity index is 379. The number of hydrogen-bond acceptors (Lipinski definition) is 2. The van der Waals surface area contributed by atoms with Crippen molar-refractivity contribution < 1.29 is 9.50 Å². The van der Waals surface area contributed by atoms with Crippen molar-refractivity contribution in [3.63, 3.8) is 0 Å². The average Bonchev–Trinajstić information content (AvgIpc) is 2.34. The van der Waals surface area contributed by atoms with E-state index < -0.39 is 0 Å². The summed E-state index contributed by atoms with van der Waals surface area (Å²) in [6.45, 7) is 3.08. The number of aliphatic hydroxyl groups is 1. The van der Waals surface area contributed by atoms with Crippen LogP contribution in [0.2, 0.25) is 0 Å². The molecule has 1 saturated carbocycles. The molecule has 1 aliphatic carbocycles. The summed E-state index contributed by atoms with van der Waals surface area (Å²) in [4.78, 5) is 2.10. The molecule has 2 rings (SSSR count). The normalized spacial score (nSPS) is 28.1. The van der Waals surface area contributed by atoms with Gasteiger partial charge in [0.2, 0.25) is 0 Å². The topological polar surface area (TPSA) is 23.5 Å². The Hall–Kier alpha value is -1.09. The molecule has 1 aliphatic rings. The van der Waals surface area contributed by atoms with Crippen LogP contribution in [0.3, 0.4) is 0 Å². The third-order valence-corrected chi connectivity index (χ3v) is 3.98. The minimum atomic E-state index is -0.210. The van der Waals surface area contributed by atoms with Gasteiger partial charge in [-0.15, -0.1) is 0 Å². The molecule has 0 saturated heterocycles. The van der Waals surface area contributed by atoms with E-state index in [1.54, 1.807) is 12.1 Å². The van der Waals surface area contributed by atoms with Crippen LogP contribution in [-0.4, -0.2) is 24.8 Å². The summed E-state index contributed by atoms with van der Waals surface area (Å²) in [5, 5.41) is 10.0. The second-order valence-electron chi connectivity index (χ2n) is 5.60. The highest BCUT2D eigenvalue weighted by Gasteiger charge is 2.27. The molecule has 0 radical (unpaired) electrons. The highest BCUT2D eigenvalue weighted by Crippen LogP contribution is 2.30. The summed E-state index contributed by atoms with van der Waals surface area (Å²) in [5.41, 5.74) is 1.00. The lowest BCUT2D eigenvalue weighted by molar-refractivity contribution is 0.0556. The van der Waals surface area contributed by atoms with E-state index in [0.717, 1.165) is 31.5 Å². The predicted molar refractivity (Wildman–Crippen MR) is 72.2 cm³/mol. The Balaban J connectivity index is 1.97. The quantitative estimate of drug-likeness (QED) is 0.892. The fourth-order valence-electron chi connectivity index (χ4n) is 2.83. The summed E-state index contributed by atoms with van der Waals surface area (Å²) in [6.07, 6.45) is 2.91. The Kier molecular flexibility index (Phi) is 4.23. The molecular formula is C15H22FNO. The molecule has 1 fully saturated rings. The fraction of sp³-hybridized carbons (Fsp3) is 0.600. The number of aliphatic hydroxyl groups excluding tert-OH is 1. The molecule has 3 atom stereocenters. The summed E-state index contributed by atoms with van der Waals surface area (Å²) >= 11 is 0. The Labute approximate surface area is 108 Å². The molecule has 0 spiro atoms. The monoisotopic (exact) mass is 251 g/mol. The van der Waals surface area contributed by atoms with Crippen LogP contribution in [-0.2, 0) is 0 Å². The van der Waals surface area contributed by atoms with Crippen molar-refractivity contribution in [1.29, 1.82) is 0 Å². The molecule has 0 amide bonds. The van der Waals surface area contributed by atoms with E-state index in [9.17, 15) is 9.50 Å². The van der Waals surface area contributed by atoms with Crippen molar-refractivity contribution >= 4 is 5.69 Å². The number of halogens is 1. The zero-order valence-electron chi connectivity index (χ0n) is 11.1. The van der Waals surface area contributed by atoms with Crippen LogP contribution in [0, 0.1) is 17.7 Å². The van der Waals surface area contributed by atoms with E-state index in [2.05, 4.69) is 11.8 Å². The summed E-state index contributed by atoms with van der Waals surface area (Å²) < 4.78 is 12.9. The van der Waals surface area contributed by atoms with Gasteiger partial charge in [0, 0.05) is 25.2 Å². The first-order chi connectivity index (χ1) is 8.56. The zero-order chi connectivity index (χ0) is 13.1. The summed E-state index contributed by atoms with van der Waals surface area (Å²) in [6, 6.07) is 6.53. The zero-order valence-corrected chi connectivity index (χ0v) is 11.1. The lowest BCUT2D eigenvalue weighted by Gasteiger charge is -2.35. The van der Waals surface area contributed by atoms with Gasteiger partial charge < -0.3 is 10.0 Å². The van der Waals surface area contributed by atoms with Gasteiger partial charge in [-0.05, 0) is 49.4 Å². The van der Waals surface area contributed by atoms with Crippen LogP contribution in [0.25, 0.3) is 0 Å². The fourth-order valence-corrected chi connectivity index (χ4v) is 2.83. The largest absolute Gasteiger partial charge is 0.393 e. The maximum Gasteiger partial charge on any atom is 0.123 e. The second kappa shape index (κ2) is 5.70. The lowest BCUT2D eigenvalue weighted by Crippen LogP contribution is -2.37.